The van der Waals surface area contributed by atoms with Crippen LogP contribution in [0.4, 0.5) is 8.78 Å². The third-order valence-electron chi connectivity index (χ3n) is 7.64. The molecule has 0 unspecified atom stereocenters. The molecule has 192 valence electrons. The molecule has 5 rings (SSSR count). The first-order valence-electron chi connectivity index (χ1n) is 12.6. The number of nitrogens with zero attached hydrogens (tertiary/aromatic N) is 5. The quantitative estimate of drug-likeness (QED) is 0.573. The fourth-order valence-corrected chi connectivity index (χ4v) is 5.54. The van der Waals surface area contributed by atoms with Crippen LogP contribution in [0.1, 0.15) is 54.6 Å². The first-order chi connectivity index (χ1) is 17.3. The number of carbonyl (C=O) groups is 1. The molecule has 0 atom stereocenters. The number of rotatable bonds is 5. The van der Waals surface area contributed by atoms with Gasteiger partial charge in [0.1, 0.15) is 5.82 Å². The molecule has 3 aliphatic rings. The van der Waals surface area contributed by atoms with Crippen LogP contribution in [0, 0.1) is 6.92 Å². The zero-order valence-electron chi connectivity index (χ0n) is 21.0. The third kappa shape index (κ3) is 4.68. The summed E-state index contributed by atoms with van der Waals surface area (Å²) in [6.45, 7) is 9.83. The number of carbonyl (C=O) groups excluding carboxylic acids is 1. The minimum Gasteiger partial charge on any atom is -0.381 e. The van der Waals surface area contributed by atoms with E-state index in [1.165, 1.54) is 5.69 Å². The molecular formula is C27H33F2N5O2. The predicted octanol–water partition coefficient (Wildman–Crippen LogP) is 4.45. The first kappa shape index (κ1) is 24.6. The molecule has 1 aromatic heterocycles. The minimum atomic E-state index is -2.71. The molecule has 2 saturated heterocycles. The highest BCUT2D eigenvalue weighted by Gasteiger charge is 2.39. The van der Waals surface area contributed by atoms with E-state index in [0.29, 0.717) is 18.9 Å². The summed E-state index contributed by atoms with van der Waals surface area (Å²) in [4.78, 5) is 19.7. The Labute approximate surface area is 210 Å². The smallest absolute Gasteiger partial charge is 0.266 e. The van der Waals surface area contributed by atoms with Gasteiger partial charge in [-0.3, -0.25) is 9.48 Å². The van der Waals surface area contributed by atoms with Crippen molar-refractivity contribution in [3.63, 3.8) is 0 Å². The lowest BCUT2D eigenvalue weighted by atomic mass is 9.95. The van der Waals surface area contributed by atoms with Crippen molar-refractivity contribution in [3.8, 4) is 11.3 Å². The Balaban J connectivity index is 1.56. The lowest BCUT2D eigenvalue weighted by molar-refractivity contribution is -0.129. The van der Waals surface area contributed by atoms with Crippen molar-refractivity contribution >= 4 is 18.7 Å². The van der Waals surface area contributed by atoms with E-state index in [0.717, 1.165) is 60.4 Å². The van der Waals surface area contributed by atoms with Gasteiger partial charge in [-0.2, -0.15) is 5.10 Å². The van der Waals surface area contributed by atoms with E-state index in [-0.39, 0.29) is 31.5 Å². The summed E-state index contributed by atoms with van der Waals surface area (Å²) in [6, 6.07) is 6.24. The van der Waals surface area contributed by atoms with Gasteiger partial charge in [-0.15, -0.1) is 0 Å². The Morgan fingerprint density at radius 2 is 2.03 bits per heavy atom. The summed E-state index contributed by atoms with van der Waals surface area (Å²) in [5.74, 6) is -2.20. The zero-order valence-corrected chi connectivity index (χ0v) is 21.0. The first-order valence-corrected chi connectivity index (χ1v) is 12.6. The summed E-state index contributed by atoms with van der Waals surface area (Å²) < 4.78 is 35.4. The second kappa shape index (κ2) is 9.76. The normalized spacial score (nSPS) is 20.5. The number of benzene rings is 1. The highest BCUT2D eigenvalue weighted by Crippen LogP contribution is 2.37. The zero-order chi connectivity index (χ0) is 25.4. The third-order valence-corrected chi connectivity index (χ3v) is 7.64. The maximum absolute atomic E-state index is 13.8. The number of hydrogen-bond acceptors (Lipinski definition) is 5. The molecule has 3 aliphatic heterocycles. The Morgan fingerprint density at radius 3 is 2.69 bits per heavy atom. The van der Waals surface area contributed by atoms with Crippen molar-refractivity contribution in [2.75, 3.05) is 32.8 Å². The molecule has 9 heteroatoms. The summed E-state index contributed by atoms with van der Waals surface area (Å²) in [7, 11) is 0. The lowest BCUT2D eigenvalue weighted by Crippen LogP contribution is -2.35. The Kier molecular flexibility index (Phi) is 6.68. The van der Waals surface area contributed by atoms with Gasteiger partial charge in [0.25, 0.3) is 5.92 Å². The van der Waals surface area contributed by atoms with Gasteiger partial charge in [0, 0.05) is 69.4 Å². The molecule has 7 nitrogen and oxygen atoms in total. The van der Waals surface area contributed by atoms with Crippen LogP contribution < -0.4 is 0 Å². The van der Waals surface area contributed by atoms with Crippen LogP contribution in [0.5, 0.6) is 0 Å². The average molecular weight is 498 g/mol. The number of ether oxygens (including phenoxy) is 1. The maximum Gasteiger partial charge on any atom is 0.266 e. The van der Waals surface area contributed by atoms with Gasteiger partial charge in [-0.1, -0.05) is 18.2 Å². The number of alkyl halides is 2. The second-order valence-corrected chi connectivity index (χ2v) is 9.96. The largest absolute Gasteiger partial charge is 0.381 e. The second-order valence-electron chi connectivity index (χ2n) is 9.96. The van der Waals surface area contributed by atoms with E-state index < -0.39 is 5.92 Å². The molecule has 1 amide bonds. The summed E-state index contributed by atoms with van der Waals surface area (Å²) in [5, 5.41) is 5.13. The van der Waals surface area contributed by atoms with Crippen LogP contribution in [-0.4, -0.2) is 71.0 Å². The standard InChI is InChI=1S/C27H33F2N5O2/c1-18-20(15-25(30-3)33-12-10-27(28,29)17-33)5-4-6-22(18)26-23-16-32(19(2)35)11-7-24(23)34(31-26)21-8-13-36-14-9-21/h4-6,15,21H,3,7-14,16-17H2,1-2H3/b25-15+. The Hall–Kier alpha value is -3.07. The molecule has 0 spiro atoms. The number of fused-ring (bicyclic) bond motifs is 1. The predicted molar refractivity (Wildman–Crippen MR) is 135 cm³/mol. The lowest BCUT2D eigenvalue weighted by Gasteiger charge is -2.29. The summed E-state index contributed by atoms with van der Waals surface area (Å²) in [5.41, 5.74) is 6.03. The van der Waals surface area contributed by atoms with Crippen molar-refractivity contribution in [1.82, 2.24) is 19.6 Å². The van der Waals surface area contributed by atoms with Crippen LogP contribution in [-0.2, 0) is 22.5 Å². The fraction of sp³-hybridized carbons (Fsp3) is 0.519. The highest BCUT2D eigenvalue weighted by atomic mass is 19.3. The van der Waals surface area contributed by atoms with Gasteiger partial charge in [-0.05, 0) is 43.7 Å². The topological polar surface area (TPSA) is 63.0 Å². The molecule has 0 bridgehead atoms. The maximum atomic E-state index is 13.8. The molecule has 0 radical (unpaired) electrons. The number of aromatic nitrogens is 2. The van der Waals surface area contributed by atoms with Gasteiger partial charge in [0.15, 0.2) is 0 Å². The van der Waals surface area contributed by atoms with Gasteiger partial charge < -0.3 is 14.5 Å². The fourth-order valence-electron chi connectivity index (χ4n) is 5.54. The van der Waals surface area contributed by atoms with Crippen LogP contribution in [0.3, 0.4) is 0 Å². The molecule has 36 heavy (non-hydrogen) atoms. The Bertz CT molecular complexity index is 1200. The number of aliphatic imine (C=N–C) groups is 1. The number of halogens is 2. The van der Waals surface area contributed by atoms with Crippen molar-refractivity contribution in [2.45, 2.75) is 58.0 Å². The van der Waals surface area contributed by atoms with E-state index >= 15 is 0 Å². The van der Waals surface area contributed by atoms with E-state index in [4.69, 9.17) is 9.84 Å². The molecule has 1 aromatic carbocycles. The van der Waals surface area contributed by atoms with Gasteiger partial charge in [0.05, 0.1) is 18.3 Å². The van der Waals surface area contributed by atoms with Crippen LogP contribution in [0.15, 0.2) is 29.0 Å². The van der Waals surface area contributed by atoms with Crippen LogP contribution in [0.2, 0.25) is 0 Å². The van der Waals surface area contributed by atoms with Gasteiger partial charge in [-0.25, -0.2) is 13.8 Å². The van der Waals surface area contributed by atoms with Gasteiger partial charge in [0.2, 0.25) is 5.91 Å². The van der Waals surface area contributed by atoms with Crippen molar-refractivity contribution in [3.05, 3.63) is 46.4 Å². The number of likely N-dealkylation sites (tertiary alicyclic amines) is 1. The Morgan fingerprint density at radius 1 is 1.25 bits per heavy atom. The molecule has 2 aromatic rings. The summed E-state index contributed by atoms with van der Waals surface area (Å²) >= 11 is 0. The van der Waals surface area contributed by atoms with E-state index in [9.17, 15) is 13.6 Å². The van der Waals surface area contributed by atoms with Crippen molar-refractivity contribution in [2.24, 2.45) is 4.99 Å². The van der Waals surface area contributed by atoms with Crippen LogP contribution >= 0.6 is 0 Å². The monoisotopic (exact) mass is 497 g/mol. The molecule has 0 N–H and O–H groups in total. The van der Waals surface area contributed by atoms with E-state index in [2.05, 4.69) is 16.4 Å². The van der Waals surface area contributed by atoms with Crippen molar-refractivity contribution in [1.29, 1.82) is 0 Å². The van der Waals surface area contributed by atoms with Gasteiger partial charge >= 0.3 is 0 Å². The average Bonchev–Trinajstić information content (AvgIpc) is 3.43. The number of amides is 1. The van der Waals surface area contributed by atoms with E-state index in [1.807, 2.05) is 36.1 Å². The summed E-state index contributed by atoms with van der Waals surface area (Å²) in [6.07, 6.45) is 4.26. The molecule has 0 aliphatic carbocycles. The van der Waals surface area contributed by atoms with E-state index in [1.54, 1.807) is 11.8 Å². The SMILES string of the molecule is C=N/C(=C\c1cccc(-c2nn(C3CCOCC3)c3c2CN(C(C)=O)CC3)c1C)N1CCC(F)(F)C1. The van der Waals surface area contributed by atoms with Crippen molar-refractivity contribution < 1.29 is 18.3 Å². The highest BCUT2D eigenvalue weighted by molar-refractivity contribution is 5.76. The number of hydrogen-bond donors (Lipinski definition) is 0. The minimum absolute atomic E-state index is 0.0583. The molecule has 4 heterocycles. The molecule has 2 fully saturated rings. The molecular weight excluding hydrogens is 464 g/mol. The molecule has 0 saturated carbocycles. The van der Waals surface area contributed by atoms with Crippen LogP contribution in [0.25, 0.3) is 17.3 Å².